The maximum absolute atomic E-state index is 10.5. The van der Waals surface area contributed by atoms with Gasteiger partial charge in [-0.3, -0.25) is 15.0 Å². The maximum atomic E-state index is 10.5. The molecule has 0 aliphatic carbocycles. The van der Waals surface area contributed by atoms with E-state index in [9.17, 15) is 15.2 Å². The summed E-state index contributed by atoms with van der Waals surface area (Å²) in [5, 5.41) is 20.4. The Kier molecular flexibility index (Phi) is 5.28. The van der Waals surface area contributed by atoms with Crippen LogP contribution in [-0.2, 0) is 4.74 Å². The first-order valence-corrected chi connectivity index (χ1v) is 6.50. The van der Waals surface area contributed by atoms with Crippen LogP contribution in [0, 0.1) is 10.1 Å². The molecule has 0 amide bonds. The van der Waals surface area contributed by atoms with Gasteiger partial charge in [0.2, 0.25) is 0 Å². The maximum Gasteiger partial charge on any atom is 0.269 e. The van der Waals surface area contributed by atoms with Gasteiger partial charge in [0, 0.05) is 31.8 Å². The summed E-state index contributed by atoms with van der Waals surface area (Å²) in [7, 11) is 0. The third kappa shape index (κ3) is 4.44. The van der Waals surface area contributed by atoms with Crippen LogP contribution in [0.4, 0.5) is 5.69 Å². The van der Waals surface area contributed by atoms with Crippen LogP contribution in [0.3, 0.4) is 0 Å². The van der Waals surface area contributed by atoms with Crippen molar-refractivity contribution >= 4 is 5.69 Å². The summed E-state index contributed by atoms with van der Waals surface area (Å²) < 4.78 is 10.6. The Morgan fingerprint density at radius 2 is 2.00 bits per heavy atom. The van der Waals surface area contributed by atoms with E-state index in [-0.39, 0.29) is 12.3 Å². The van der Waals surface area contributed by atoms with Crippen molar-refractivity contribution in [3.05, 3.63) is 34.4 Å². The molecule has 0 radical (unpaired) electrons. The molecule has 1 aromatic carbocycles. The first-order valence-electron chi connectivity index (χ1n) is 6.50. The molecule has 1 aliphatic rings. The zero-order valence-corrected chi connectivity index (χ0v) is 11.1. The van der Waals surface area contributed by atoms with Gasteiger partial charge in [-0.25, -0.2) is 0 Å². The van der Waals surface area contributed by atoms with E-state index < -0.39 is 11.0 Å². The molecule has 20 heavy (non-hydrogen) atoms. The Morgan fingerprint density at radius 3 is 2.60 bits per heavy atom. The van der Waals surface area contributed by atoms with Gasteiger partial charge in [0.1, 0.15) is 18.5 Å². The highest BCUT2D eigenvalue weighted by Gasteiger charge is 2.15. The van der Waals surface area contributed by atoms with E-state index in [1.54, 1.807) is 0 Å². The van der Waals surface area contributed by atoms with Crippen molar-refractivity contribution in [2.24, 2.45) is 0 Å². The molecule has 1 atom stereocenters. The van der Waals surface area contributed by atoms with Crippen LogP contribution in [0.2, 0.25) is 0 Å². The highest BCUT2D eigenvalue weighted by molar-refractivity contribution is 5.35. The Balaban J connectivity index is 1.74. The van der Waals surface area contributed by atoms with E-state index >= 15 is 0 Å². The minimum Gasteiger partial charge on any atom is -0.491 e. The molecule has 2 rings (SSSR count). The molecule has 1 saturated heterocycles. The lowest BCUT2D eigenvalue weighted by molar-refractivity contribution is -0.384. The number of nitro groups is 1. The number of morpholine rings is 1. The highest BCUT2D eigenvalue weighted by atomic mass is 16.6. The number of aliphatic hydroxyl groups excluding tert-OH is 1. The van der Waals surface area contributed by atoms with Gasteiger partial charge in [0.05, 0.1) is 18.1 Å². The Hall–Kier alpha value is -1.70. The molecule has 1 aromatic rings. The number of rotatable bonds is 6. The minimum absolute atomic E-state index is 0.0196. The van der Waals surface area contributed by atoms with Crippen molar-refractivity contribution < 1.29 is 19.5 Å². The first-order chi connectivity index (χ1) is 9.65. The minimum atomic E-state index is -0.594. The standard InChI is InChI=1S/C13H18N2O5/c16-12(9-14-5-7-19-8-6-14)10-20-13-3-1-11(2-4-13)15(17)18/h1-4,12,16H,5-10H2/t12-/m1/s1. The summed E-state index contributed by atoms with van der Waals surface area (Å²) in [6, 6.07) is 5.81. The molecule has 0 spiro atoms. The van der Waals surface area contributed by atoms with Gasteiger partial charge in [-0.15, -0.1) is 0 Å². The van der Waals surface area contributed by atoms with Crippen molar-refractivity contribution in [1.82, 2.24) is 4.90 Å². The SMILES string of the molecule is O=[N+]([O-])c1ccc(OC[C@H](O)CN2CCOCC2)cc1. The second-order valence-corrected chi connectivity index (χ2v) is 4.63. The lowest BCUT2D eigenvalue weighted by Gasteiger charge is -2.28. The van der Waals surface area contributed by atoms with E-state index in [2.05, 4.69) is 4.90 Å². The second-order valence-electron chi connectivity index (χ2n) is 4.63. The smallest absolute Gasteiger partial charge is 0.269 e. The van der Waals surface area contributed by atoms with E-state index in [1.165, 1.54) is 24.3 Å². The normalized spacial score (nSPS) is 17.6. The van der Waals surface area contributed by atoms with Crippen molar-refractivity contribution in [1.29, 1.82) is 0 Å². The molecule has 1 heterocycles. The fourth-order valence-electron chi connectivity index (χ4n) is 1.99. The summed E-state index contributed by atoms with van der Waals surface area (Å²) >= 11 is 0. The third-order valence-corrected chi connectivity index (χ3v) is 3.06. The van der Waals surface area contributed by atoms with Gasteiger partial charge in [0.15, 0.2) is 0 Å². The van der Waals surface area contributed by atoms with Crippen LogP contribution < -0.4 is 4.74 Å². The van der Waals surface area contributed by atoms with Crippen LogP contribution >= 0.6 is 0 Å². The number of nitro benzene ring substituents is 1. The van der Waals surface area contributed by atoms with Crippen LogP contribution in [-0.4, -0.2) is 60.5 Å². The highest BCUT2D eigenvalue weighted by Crippen LogP contribution is 2.17. The monoisotopic (exact) mass is 282 g/mol. The zero-order valence-electron chi connectivity index (χ0n) is 11.1. The average molecular weight is 282 g/mol. The van der Waals surface area contributed by atoms with E-state index in [4.69, 9.17) is 9.47 Å². The molecule has 7 nitrogen and oxygen atoms in total. The summed E-state index contributed by atoms with van der Waals surface area (Å²) in [6.45, 7) is 3.71. The molecule has 110 valence electrons. The molecule has 7 heteroatoms. The summed E-state index contributed by atoms with van der Waals surface area (Å²) in [6.07, 6.45) is -0.594. The molecule has 0 unspecified atom stereocenters. The largest absolute Gasteiger partial charge is 0.491 e. The molecule has 0 aromatic heterocycles. The second kappa shape index (κ2) is 7.18. The number of aliphatic hydroxyl groups is 1. The lowest BCUT2D eigenvalue weighted by atomic mass is 10.3. The van der Waals surface area contributed by atoms with Crippen LogP contribution in [0.15, 0.2) is 24.3 Å². The first kappa shape index (κ1) is 14.7. The Labute approximate surface area is 116 Å². The zero-order chi connectivity index (χ0) is 14.4. The third-order valence-electron chi connectivity index (χ3n) is 3.06. The fraction of sp³-hybridized carbons (Fsp3) is 0.538. The lowest BCUT2D eigenvalue weighted by Crippen LogP contribution is -2.42. The number of nitrogens with zero attached hydrogens (tertiary/aromatic N) is 2. The summed E-state index contributed by atoms with van der Waals surface area (Å²) in [5.41, 5.74) is 0.0196. The molecule has 0 saturated carbocycles. The van der Waals surface area contributed by atoms with E-state index in [0.29, 0.717) is 25.5 Å². The Bertz CT molecular complexity index is 431. The van der Waals surface area contributed by atoms with Crippen LogP contribution in [0.25, 0.3) is 0 Å². The number of ether oxygens (including phenoxy) is 2. The predicted octanol–water partition coefficient (Wildman–Crippen LogP) is 0.667. The molecule has 1 N–H and O–H groups in total. The van der Waals surface area contributed by atoms with Gasteiger partial charge >= 0.3 is 0 Å². The van der Waals surface area contributed by atoms with E-state index in [0.717, 1.165) is 13.1 Å². The van der Waals surface area contributed by atoms with Crippen molar-refractivity contribution in [2.75, 3.05) is 39.5 Å². The average Bonchev–Trinajstić information content (AvgIpc) is 2.46. The molecule has 0 bridgehead atoms. The topological polar surface area (TPSA) is 85.1 Å². The predicted molar refractivity (Wildman–Crippen MR) is 71.9 cm³/mol. The van der Waals surface area contributed by atoms with Crippen molar-refractivity contribution in [3.63, 3.8) is 0 Å². The number of non-ortho nitro benzene ring substituents is 1. The van der Waals surface area contributed by atoms with Crippen LogP contribution in [0.5, 0.6) is 5.75 Å². The van der Waals surface area contributed by atoms with Gasteiger partial charge in [0.25, 0.3) is 5.69 Å². The number of hydrogen-bond donors (Lipinski definition) is 1. The number of hydrogen-bond acceptors (Lipinski definition) is 6. The number of benzene rings is 1. The van der Waals surface area contributed by atoms with Gasteiger partial charge < -0.3 is 14.6 Å². The van der Waals surface area contributed by atoms with Gasteiger partial charge in [-0.2, -0.15) is 0 Å². The van der Waals surface area contributed by atoms with Crippen molar-refractivity contribution in [2.45, 2.75) is 6.10 Å². The number of β-amino-alcohol motifs (C(OH)–C–C–N with tert-alkyl or cyclic N) is 1. The molecular weight excluding hydrogens is 264 g/mol. The summed E-state index contributed by atoms with van der Waals surface area (Å²) in [5.74, 6) is 0.511. The van der Waals surface area contributed by atoms with Crippen LogP contribution in [0.1, 0.15) is 0 Å². The van der Waals surface area contributed by atoms with E-state index in [1.807, 2.05) is 0 Å². The Morgan fingerprint density at radius 1 is 1.35 bits per heavy atom. The van der Waals surface area contributed by atoms with Gasteiger partial charge in [-0.1, -0.05) is 0 Å². The molecule has 1 aliphatic heterocycles. The molecule has 1 fully saturated rings. The fourth-order valence-corrected chi connectivity index (χ4v) is 1.99. The molecular formula is C13H18N2O5. The van der Waals surface area contributed by atoms with Crippen molar-refractivity contribution in [3.8, 4) is 5.75 Å². The quantitative estimate of drug-likeness (QED) is 0.609. The van der Waals surface area contributed by atoms with Gasteiger partial charge in [-0.05, 0) is 12.1 Å². The summed E-state index contributed by atoms with van der Waals surface area (Å²) in [4.78, 5) is 12.2.